The molecule has 2 heteroatoms. The molecule has 2 rings (SSSR count). The summed E-state index contributed by atoms with van der Waals surface area (Å²) in [5.41, 5.74) is 3.13. The molecular formula is C17H27NS. The first kappa shape index (κ1) is 14.9. The molecule has 1 nitrogen and oxygen atoms in total. The lowest BCUT2D eigenvalue weighted by molar-refractivity contribution is 0.414. The molecule has 0 heterocycles. The molecule has 0 aromatic heterocycles. The fraction of sp³-hybridized carbons (Fsp3) is 0.647. The van der Waals surface area contributed by atoms with E-state index in [9.17, 15) is 0 Å². The first-order valence-corrected chi connectivity index (χ1v) is 8.71. The zero-order valence-electron chi connectivity index (χ0n) is 12.5. The number of rotatable bonds is 7. The van der Waals surface area contributed by atoms with Crippen LogP contribution in [0.4, 0.5) is 0 Å². The van der Waals surface area contributed by atoms with E-state index in [1.807, 2.05) is 0 Å². The van der Waals surface area contributed by atoms with Crippen molar-refractivity contribution in [1.82, 2.24) is 5.32 Å². The van der Waals surface area contributed by atoms with E-state index >= 15 is 0 Å². The van der Waals surface area contributed by atoms with E-state index in [0.29, 0.717) is 6.04 Å². The van der Waals surface area contributed by atoms with Gasteiger partial charge in [-0.1, -0.05) is 44.5 Å². The normalized spacial score (nSPS) is 17.5. The Morgan fingerprint density at radius 2 is 1.95 bits per heavy atom. The number of thioether (sulfide) groups is 1. The van der Waals surface area contributed by atoms with Gasteiger partial charge >= 0.3 is 0 Å². The average Bonchev–Trinajstić information content (AvgIpc) is 2.33. The van der Waals surface area contributed by atoms with Crippen LogP contribution in [-0.4, -0.2) is 18.6 Å². The van der Waals surface area contributed by atoms with Gasteiger partial charge in [-0.3, -0.25) is 0 Å². The van der Waals surface area contributed by atoms with E-state index in [1.54, 1.807) is 5.56 Å². The molecular weight excluding hydrogens is 250 g/mol. The summed E-state index contributed by atoms with van der Waals surface area (Å²) in [5, 5.41) is 3.51. The fourth-order valence-electron chi connectivity index (χ4n) is 2.67. The van der Waals surface area contributed by atoms with Crippen LogP contribution < -0.4 is 5.32 Å². The first-order chi connectivity index (χ1) is 9.22. The van der Waals surface area contributed by atoms with E-state index < -0.39 is 0 Å². The maximum Gasteiger partial charge on any atom is 0.0412 e. The fourth-order valence-corrected chi connectivity index (χ4v) is 3.86. The highest BCUT2D eigenvalue weighted by Crippen LogP contribution is 2.39. The highest BCUT2D eigenvalue weighted by molar-refractivity contribution is 7.99. The number of nitrogens with one attached hydrogen (secondary N) is 1. The molecule has 1 aromatic rings. The number of benzene rings is 1. The third kappa shape index (κ3) is 4.00. The molecule has 1 aliphatic rings. The van der Waals surface area contributed by atoms with E-state index in [2.05, 4.69) is 62.2 Å². The van der Waals surface area contributed by atoms with Gasteiger partial charge in [0.05, 0.1) is 0 Å². The molecule has 0 aliphatic heterocycles. The largest absolute Gasteiger partial charge is 0.312 e. The van der Waals surface area contributed by atoms with Gasteiger partial charge < -0.3 is 5.32 Å². The number of hydrogen-bond donors (Lipinski definition) is 1. The maximum absolute atomic E-state index is 3.51. The highest BCUT2D eigenvalue weighted by atomic mass is 32.2. The number of hydrogen-bond acceptors (Lipinski definition) is 2. The second kappa shape index (κ2) is 7.35. The second-order valence-corrected chi connectivity index (χ2v) is 7.10. The molecule has 1 atom stereocenters. The van der Waals surface area contributed by atoms with Crippen molar-refractivity contribution in [2.75, 3.05) is 18.6 Å². The lowest BCUT2D eigenvalue weighted by Crippen LogP contribution is -2.22. The molecule has 1 aliphatic carbocycles. The highest BCUT2D eigenvalue weighted by Gasteiger charge is 2.24. The topological polar surface area (TPSA) is 12.0 Å². The summed E-state index contributed by atoms with van der Waals surface area (Å²) in [6.07, 6.45) is 4.17. The van der Waals surface area contributed by atoms with Crippen LogP contribution in [0.5, 0.6) is 0 Å². The first-order valence-electron chi connectivity index (χ1n) is 7.56. The van der Waals surface area contributed by atoms with E-state index in [0.717, 1.165) is 11.8 Å². The molecule has 0 saturated heterocycles. The van der Waals surface area contributed by atoms with Crippen LogP contribution in [0, 0.1) is 5.92 Å². The van der Waals surface area contributed by atoms with Crippen molar-refractivity contribution in [1.29, 1.82) is 0 Å². The molecule has 0 radical (unpaired) electrons. The van der Waals surface area contributed by atoms with Crippen LogP contribution in [0.3, 0.4) is 0 Å². The van der Waals surface area contributed by atoms with Gasteiger partial charge in [0.15, 0.2) is 0 Å². The average molecular weight is 277 g/mol. The van der Waals surface area contributed by atoms with Crippen LogP contribution in [0.2, 0.25) is 0 Å². The molecule has 1 saturated carbocycles. The van der Waals surface area contributed by atoms with Crippen molar-refractivity contribution in [3.05, 3.63) is 35.4 Å². The second-order valence-electron chi connectivity index (χ2n) is 6.03. The van der Waals surface area contributed by atoms with Crippen molar-refractivity contribution < 1.29 is 0 Å². The summed E-state index contributed by atoms with van der Waals surface area (Å²) in [4.78, 5) is 0. The molecule has 19 heavy (non-hydrogen) atoms. The summed E-state index contributed by atoms with van der Waals surface area (Å²) in [6.45, 7) is 4.59. The van der Waals surface area contributed by atoms with Crippen LogP contribution >= 0.6 is 11.8 Å². The Bertz CT molecular complexity index is 385. The smallest absolute Gasteiger partial charge is 0.0412 e. The van der Waals surface area contributed by atoms with Gasteiger partial charge in [0.2, 0.25) is 0 Å². The predicted octanol–water partition coefficient (Wildman–Crippen LogP) is 4.60. The van der Waals surface area contributed by atoms with Gasteiger partial charge in [0, 0.05) is 11.8 Å². The Morgan fingerprint density at radius 1 is 1.21 bits per heavy atom. The predicted molar refractivity (Wildman–Crippen MR) is 87.0 cm³/mol. The minimum Gasteiger partial charge on any atom is -0.312 e. The van der Waals surface area contributed by atoms with Crippen LogP contribution in [0.1, 0.15) is 56.2 Å². The van der Waals surface area contributed by atoms with Gasteiger partial charge in [-0.25, -0.2) is 0 Å². The van der Waals surface area contributed by atoms with Crippen LogP contribution in [-0.2, 0) is 0 Å². The summed E-state index contributed by atoms with van der Waals surface area (Å²) in [5.74, 6) is 4.04. The van der Waals surface area contributed by atoms with Crippen molar-refractivity contribution in [3.63, 3.8) is 0 Å². The molecule has 1 unspecified atom stereocenters. The van der Waals surface area contributed by atoms with Crippen LogP contribution in [0.15, 0.2) is 24.3 Å². The third-order valence-electron chi connectivity index (χ3n) is 4.00. The monoisotopic (exact) mass is 277 g/mol. The minimum absolute atomic E-state index is 0.501. The molecule has 1 aromatic carbocycles. The summed E-state index contributed by atoms with van der Waals surface area (Å²) in [6, 6.07) is 9.56. The molecule has 106 valence electrons. The molecule has 1 fully saturated rings. The summed E-state index contributed by atoms with van der Waals surface area (Å²) >= 11 is 2.07. The Balaban J connectivity index is 2.04. The third-order valence-corrected chi connectivity index (χ3v) is 5.47. The maximum atomic E-state index is 3.51. The van der Waals surface area contributed by atoms with E-state index in [4.69, 9.17) is 0 Å². The van der Waals surface area contributed by atoms with Gasteiger partial charge in [-0.2, -0.15) is 11.8 Å². The Hall–Kier alpha value is -0.470. The van der Waals surface area contributed by atoms with E-state index in [1.165, 1.54) is 36.3 Å². The Kier molecular flexibility index (Phi) is 5.77. The molecule has 0 spiro atoms. The lowest BCUT2D eigenvalue weighted by Gasteiger charge is -2.30. The van der Waals surface area contributed by atoms with Crippen molar-refractivity contribution in [3.8, 4) is 0 Å². The zero-order valence-corrected chi connectivity index (χ0v) is 13.3. The van der Waals surface area contributed by atoms with Gasteiger partial charge in [0.25, 0.3) is 0 Å². The van der Waals surface area contributed by atoms with Crippen LogP contribution in [0.25, 0.3) is 0 Å². The summed E-state index contributed by atoms with van der Waals surface area (Å²) < 4.78 is 0. The molecule has 0 amide bonds. The van der Waals surface area contributed by atoms with Gasteiger partial charge in [-0.05, 0) is 48.6 Å². The molecule has 1 N–H and O–H groups in total. The van der Waals surface area contributed by atoms with Crippen molar-refractivity contribution >= 4 is 11.8 Å². The Labute approximate surface area is 122 Å². The van der Waals surface area contributed by atoms with Crippen molar-refractivity contribution in [2.24, 2.45) is 5.92 Å². The van der Waals surface area contributed by atoms with Gasteiger partial charge in [-0.15, -0.1) is 0 Å². The molecule has 0 bridgehead atoms. The SMILES string of the molecule is CNC(CSCC(C)C)c1ccccc1C1CCC1. The lowest BCUT2D eigenvalue weighted by atomic mass is 9.77. The quantitative estimate of drug-likeness (QED) is 0.781. The zero-order chi connectivity index (χ0) is 13.7. The van der Waals surface area contributed by atoms with Crippen molar-refractivity contribution in [2.45, 2.75) is 45.1 Å². The van der Waals surface area contributed by atoms with Gasteiger partial charge in [0.1, 0.15) is 0 Å². The van der Waals surface area contributed by atoms with E-state index in [-0.39, 0.29) is 0 Å². The summed E-state index contributed by atoms with van der Waals surface area (Å²) in [7, 11) is 2.10. The Morgan fingerprint density at radius 3 is 2.53 bits per heavy atom. The standard InChI is InChI=1S/C17H27NS/c1-13(2)11-19-12-17(18-3)16-10-5-4-9-15(16)14-7-6-8-14/h4-5,9-10,13-14,17-18H,6-8,11-12H2,1-3H3. The minimum atomic E-state index is 0.501.